The van der Waals surface area contributed by atoms with Crippen LogP contribution in [0.2, 0.25) is 0 Å². The van der Waals surface area contributed by atoms with Crippen LogP contribution in [-0.4, -0.2) is 50.6 Å². The number of aromatic nitrogens is 4. The second-order valence-electron chi connectivity index (χ2n) is 7.07. The van der Waals surface area contributed by atoms with E-state index in [2.05, 4.69) is 40.1 Å². The van der Waals surface area contributed by atoms with Crippen LogP contribution < -0.4 is 5.32 Å². The molecule has 146 valence electrons. The van der Waals surface area contributed by atoms with E-state index in [1.807, 2.05) is 24.4 Å². The van der Waals surface area contributed by atoms with Gasteiger partial charge in [-0.15, -0.1) is 0 Å². The molecular formula is C21H26N6O. The lowest BCUT2D eigenvalue weighted by atomic mass is 10.1. The minimum absolute atomic E-state index is 0.357. The van der Waals surface area contributed by atoms with Crippen molar-refractivity contribution in [3.05, 3.63) is 53.7 Å². The topological polar surface area (TPSA) is 76.1 Å². The van der Waals surface area contributed by atoms with Crippen molar-refractivity contribution in [1.82, 2.24) is 24.8 Å². The number of hydrogen-bond acceptors (Lipinski definition) is 7. The van der Waals surface area contributed by atoms with Crippen molar-refractivity contribution in [2.45, 2.75) is 39.4 Å². The second-order valence-corrected chi connectivity index (χ2v) is 7.07. The van der Waals surface area contributed by atoms with E-state index < -0.39 is 0 Å². The predicted octanol–water partition coefficient (Wildman–Crippen LogP) is 2.82. The molecule has 0 aromatic carbocycles. The zero-order valence-electron chi connectivity index (χ0n) is 16.4. The summed E-state index contributed by atoms with van der Waals surface area (Å²) >= 11 is 0. The molecule has 1 N–H and O–H groups in total. The number of nitrogens with zero attached hydrogens (tertiary/aromatic N) is 5. The van der Waals surface area contributed by atoms with Crippen LogP contribution >= 0.6 is 0 Å². The van der Waals surface area contributed by atoms with Crippen LogP contribution in [0.4, 0.5) is 5.82 Å². The maximum Gasteiger partial charge on any atom is 0.165 e. The Morgan fingerprint density at radius 3 is 2.89 bits per heavy atom. The molecular weight excluding hydrogens is 352 g/mol. The molecule has 0 spiro atoms. The first-order chi connectivity index (χ1) is 13.7. The average molecular weight is 378 g/mol. The predicted molar refractivity (Wildman–Crippen MR) is 109 cm³/mol. The number of hydrogen-bond donors (Lipinski definition) is 1. The van der Waals surface area contributed by atoms with E-state index in [4.69, 9.17) is 14.7 Å². The summed E-state index contributed by atoms with van der Waals surface area (Å²) in [6, 6.07) is 8.37. The van der Waals surface area contributed by atoms with Crippen LogP contribution in [0.3, 0.4) is 0 Å². The number of pyridine rings is 2. The van der Waals surface area contributed by atoms with Crippen molar-refractivity contribution in [3.63, 3.8) is 0 Å². The highest BCUT2D eigenvalue weighted by atomic mass is 16.5. The SMILES string of the molecule is CCc1ncccc1CNc1nc(CN2CCOCC2C)nc2ncccc12. The number of ether oxygens (including phenoxy) is 1. The Morgan fingerprint density at radius 2 is 2.04 bits per heavy atom. The molecule has 1 unspecified atom stereocenters. The van der Waals surface area contributed by atoms with Crippen LogP contribution in [0.1, 0.15) is 30.9 Å². The standard InChI is InChI=1S/C21H26N6O/c1-3-18-16(6-4-8-22-18)12-24-21-17-7-5-9-23-20(17)25-19(26-21)13-27-10-11-28-14-15(27)2/h4-9,15H,3,10-14H2,1-2H3,(H,23,24,25,26). The van der Waals surface area contributed by atoms with Gasteiger partial charge >= 0.3 is 0 Å². The van der Waals surface area contributed by atoms with Gasteiger partial charge in [0.2, 0.25) is 0 Å². The molecule has 0 saturated carbocycles. The monoisotopic (exact) mass is 378 g/mol. The molecule has 3 aromatic heterocycles. The maximum atomic E-state index is 5.54. The van der Waals surface area contributed by atoms with Crippen molar-refractivity contribution in [3.8, 4) is 0 Å². The summed E-state index contributed by atoms with van der Waals surface area (Å²) in [7, 11) is 0. The second kappa shape index (κ2) is 8.58. The van der Waals surface area contributed by atoms with Crippen LogP contribution in [-0.2, 0) is 24.2 Å². The largest absolute Gasteiger partial charge is 0.379 e. The van der Waals surface area contributed by atoms with Gasteiger partial charge < -0.3 is 10.1 Å². The summed E-state index contributed by atoms with van der Waals surface area (Å²) in [6.07, 6.45) is 4.52. The molecule has 7 heteroatoms. The highest BCUT2D eigenvalue weighted by Crippen LogP contribution is 2.21. The zero-order valence-corrected chi connectivity index (χ0v) is 16.4. The van der Waals surface area contributed by atoms with Gasteiger partial charge in [0, 0.05) is 37.2 Å². The number of nitrogens with one attached hydrogen (secondary N) is 1. The molecule has 4 heterocycles. The summed E-state index contributed by atoms with van der Waals surface area (Å²) in [5, 5.41) is 4.43. The molecule has 1 saturated heterocycles. The minimum Gasteiger partial charge on any atom is -0.379 e. The Hall–Kier alpha value is -2.64. The average Bonchev–Trinajstić information content (AvgIpc) is 2.74. The summed E-state index contributed by atoms with van der Waals surface area (Å²) < 4.78 is 5.54. The quantitative estimate of drug-likeness (QED) is 0.707. The highest BCUT2D eigenvalue weighted by molar-refractivity contribution is 5.86. The summed E-state index contributed by atoms with van der Waals surface area (Å²) in [6.45, 7) is 8.05. The number of rotatable bonds is 6. The van der Waals surface area contributed by atoms with Crippen LogP contribution in [0.5, 0.6) is 0 Å². The number of fused-ring (bicyclic) bond motifs is 1. The van der Waals surface area contributed by atoms with E-state index in [-0.39, 0.29) is 0 Å². The van der Waals surface area contributed by atoms with E-state index in [9.17, 15) is 0 Å². The van der Waals surface area contributed by atoms with Crippen LogP contribution in [0, 0.1) is 0 Å². The van der Waals surface area contributed by atoms with Crippen LogP contribution in [0.25, 0.3) is 11.0 Å². The lowest BCUT2D eigenvalue weighted by Gasteiger charge is -2.32. The van der Waals surface area contributed by atoms with E-state index in [1.54, 1.807) is 6.20 Å². The fraction of sp³-hybridized carbons (Fsp3) is 0.429. The highest BCUT2D eigenvalue weighted by Gasteiger charge is 2.20. The number of aryl methyl sites for hydroxylation is 1. The van der Waals surface area contributed by atoms with Gasteiger partial charge in [-0.1, -0.05) is 13.0 Å². The van der Waals surface area contributed by atoms with Crippen LogP contribution in [0.15, 0.2) is 36.7 Å². The molecule has 4 rings (SSSR count). The molecule has 0 aliphatic carbocycles. The van der Waals surface area contributed by atoms with Gasteiger partial charge in [-0.25, -0.2) is 15.0 Å². The van der Waals surface area contributed by atoms with E-state index >= 15 is 0 Å². The first-order valence-electron chi connectivity index (χ1n) is 9.84. The van der Waals surface area contributed by atoms with E-state index in [0.717, 1.165) is 54.5 Å². The zero-order chi connectivity index (χ0) is 19.3. The molecule has 0 bridgehead atoms. The third-order valence-corrected chi connectivity index (χ3v) is 5.13. The lowest BCUT2D eigenvalue weighted by molar-refractivity contribution is -0.00544. The van der Waals surface area contributed by atoms with E-state index in [0.29, 0.717) is 19.1 Å². The Morgan fingerprint density at radius 1 is 1.18 bits per heavy atom. The van der Waals surface area contributed by atoms with Gasteiger partial charge in [-0.05, 0) is 37.1 Å². The van der Waals surface area contributed by atoms with Gasteiger partial charge in [0.05, 0.1) is 25.1 Å². The van der Waals surface area contributed by atoms with Crippen molar-refractivity contribution in [1.29, 1.82) is 0 Å². The van der Waals surface area contributed by atoms with Crippen molar-refractivity contribution in [2.24, 2.45) is 0 Å². The number of anilines is 1. The maximum absolute atomic E-state index is 5.54. The molecule has 1 atom stereocenters. The van der Waals surface area contributed by atoms with E-state index in [1.165, 1.54) is 5.56 Å². The Labute approximate surface area is 165 Å². The number of morpholine rings is 1. The summed E-state index contributed by atoms with van der Waals surface area (Å²) in [5.74, 6) is 1.60. The normalized spacial score (nSPS) is 17.7. The lowest BCUT2D eigenvalue weighted by Crippen LogP contribution is -2.43. The van der Waals surface area contributed by atoms with Crippen molar-refractivity contribution in [2.75, 3.05) is 25.1 Å². The molecule has 3 aromatic rings. The van der Waals surface area contributed by atoms with Gasteiger partial charge in [-0.2, -0.15) is 0 Å². The molecule has 28 heavy (non-hydrogen) atoms. The Kier molecular flexibility index (Phi) is 5.73. The van der Waals surface area contributed by atoms with Gasteiger partial charge in [-0.3, -0.25) is 9.88 Å². The minimum atomic E-state index is 0.357. The molecule has 7 nitrogen and oxygen atoms in total. The van der Waals surface area contributed by atoms with Gasteiger partial charge in [0.25, 0.3) is 0 Å². The fourth-order valence-electron chi connectivity index (χ4n) is 3.52. The fourth-order valence-corrected chi connectivity index (χ4v) is 3.52. The van der Waals surface area contributed by atoms with Gasteiger partial charge in [0.15, 0.2) is 5.65 Å². The molecule has 0 amide bonds. The first-order valence-corrected chi connectivity index (χ1v) is 9.84. The third kappa shape index (κ3) is 4.10. The molecule has 0 radical (unpaired) electrons. The van der Waals surface area contributed by atoms with Crippen molar-refractivity contribution < 1.29 is 4.74 Å². The third-order valence-electron chi connectivity index (χ3n) is 5.13. The molecule has 1 aliphatic rings. The van der Waals surface area contributed by atoms with Gasteiger partial charge in [0.1, 0.15) is 11.6 Å². The summed E-state index contributed by atoms with van der Waals surface area (Å²) in [4.78, 5) is 20.8. The Balaban J connectivity index is 1.61. The van der Waals surface area contributed by atoms with Crippen molar-refractivity contribution >= 4 is 16.9 Å². The first kappa shape index (κ1) is 18.7. The summed E-state index contributed by atoms with van der Waals surface area (Å²) in [5.41, 5.74) is 3.01. The molecule has 1 fully saturated rings. The Bertz CT molecular complexity index is 947. The molecule has 1 aliphatic heterocycles. The smallest absolute Gasteiger partial charge is 0.165 e.